The molecular formula is C19H15ClN8O2. The summed E-state index contributed by atoms with van der Waals surface area (Å²) < 4.78 is 8.64. The van der Waals surface area contributed by atoms with Gasteiger partial charge < -0.3 is 14.0 Å². The lowest BCUT2D eigenvalue weighted by Gasteiger charge is -2.18. The molecular weight excluding hydrogens is 408 g/mol. The number of rotatable bonds is 4. The normalized spacial score (nSPS) is 28.2. The molecule has 30 heavy (non-hydrogen) atoms. The first-order valence-electron chi connectivity index (χ1n) is 9.66. The summed E-state index contributed by atoms with van der Waals surface area (Å²) in [6, 6.07) is 4.25. The predicted molar refractivity (Wildman–Crippen MR) is 105 cm³/mol. The largest absolute Gasteiger partial charge is 0.367 e. The molecule has 1 unspecified atom stereocenters. The molecule has 4 atom stereocenters. The van der Waals surface area contributed by atoms with Crippen molar-refractivity contribution in [3.8, 4) is 0 Å². The van der Waals surface area contributed by atoms with Crippen LogP contribution in [0.5, 0.6) is 0 Å². The van der Waals surface area contributed by atoms with Gasteiger partial charge in [-0.25, -0.2) is 15.0 Å². The van der Waals surface area contributed by atoms with Crippen LogP contribution >= 0.6 is 11.6 Å². The summed E-state index contributed by atoms with van der Waals surface area (Å²) in [6.45, 7) is 1.14. The Balaban J connectivity index is 1.17. The number of nitrogens with zero attached hydrogens (tertiary/aromatic N) is 8. The van der Waals surface area contributed by atoms with E-state index in [0.717, 1.165) is 18.1 Å². The van der Waals surface area contributed by atoms with E-state index in [1.54, 1.807) is 24.1 Å². The highest BCUT2D eigenvalue weighted by Crippen LogP contribution is 2.85. The van der Waals surface area contributed by atoms with Crippen LogP contribution in [0, 0.1) is 11.8 Å². The summed E-state index contributed by atoms with van der Waals surface area (Å²) in [5, 5.41) is 4.76. The van der Waals surface area contributed by atoms with Gasteiger partial charge in [0.05, 0.1) is 11.7 Å². The standard InChI is InChI=1S/C19H15ClN8O2/c1-26-7-22-16-14(26)17(29)27(8-23-16)6-12-24-18(25-30-12)19-10-5-28(15(19)13(10)19)9-2-3-21-11(20)4-9/h2-4,7-8,10,13,15H,5-6H2,1H3/t10-,13-,15?,19-/m1/s1. The molecule has 4 aromatic rings. The van der Waals surface area contributed by atoms with Gasteiger partial charge in [0.25, 0.3) is 5.56 Å². The van der Waals surface area contributed by atoms with E-state index < -0.39 is 0 Å². The smallest absolute Gasteiger partial charge is 0.280 e. The maximum atomic E-state index is 12.7. The van der Waals surface area contributed by atoms with E-state index in [4.69, 9.17) is 16.1 Å². The summed E-state index contributed by atoms with van der Waals surface area (Å²) in [4.78, 5) is 32.2. The van der Waals surface area contributed by atoms with Crippen LogP contribution in [-0.4, -0.2) is 46.8 Å². The lowest BCUT2D eigenvalue weighted by molar-refractivity contribution is 0.362. The van der Waals surface area contributed by atoms with Crippen LogP contribution in [0.3, 0.4) is 0 Å². The Kier molecular flexibility index (Phi) is 2.89. The number of pyridine rings is 1. The highest BCUT2D eigenvalue weighted by molar-refractivity contribution is 6.29. The molecule has 2 aliphatic carbocycles. The maximum absolute atomic E-state index is 12.7. The number of anilines is 1. The second kappa shape index (κ2) is 5.25. The van der Waals surface area contributed by atoms with Crippen molar-refractivity contribution in [2.24, 2.45) is 18.9 Å². The molecule has 0 amide bonds. The molecule has 10 nitrogen and oxygen atoms in total. The Morgan fingerprint density at radius 3 is 3.00 bits per heavy atom. The van der Waals surface area contributed by atoms with E-state index in [0.29, 0.717) is 40.1 Å². The summed E-state index contributed by atoms with van der Waals surface area (Å²) in [6.07, 6.45) is 4.77. The van der Waals surface area contributed by atoms with Gasteiger partial charge in [-0.05, 0) is 18.1 Å². The van der Waals surface area contributed by atoms with E-state index in [1.807, 2.05) is 12.1 Å². The van der Waals surface area contributed by atoms with Crippen molar-refractivity contribution >= 4 is 28.5 Å². The van der Waals surface area contributed by atoms with Crippen LogP contribution in [0.1, 0.15) is 11.7 Å². The topological polar surface area (TPSA) is 108 Å². The second-order valence-electron chi connectivity index (χ2n) is 8.22. The van der Waals surface area contributed by atoms with Gasteiger partial charge in [-0.1, -0.05) is 16.8 Å². The molecule has 0 N–H and O–H groups in total. The van der Waals surface area contributed by atoms with Crippen LogP contribution in [0.15, 0.2) is 40.3 Å². The number of piperidine rings is 1. The Morgan fingerprint density at radius 1 is 1.30 bits per heavy atom. The van der Waals surface area contributed by atoms with E-state index in [-0.39, 0.29) is 17.5 Å². The first-order chi connectivity index (χ1) is 14.6. The van der Waals surface area contributed by atoms with Gasteiger partial charge in [0.2, 0.25) is 5.89 Å². The fourth-order valence-electron chi connectivity index (χ4n) is 5.40. The average molecular weight is 423 g/mol. The lowest BCUT2D eigenvalue weighted by atomic mass is 10.1. The van der Waals surface area contributed by atoms with Crippen LogP contribution in [-0.2, 0) is 19.0 Å². The van der Waals surface area contributed by atoms with Gasteiger partial charge in [0, 0.05) is 37.4 Å². The molecule has 2 saturated carbocycles. The highest BCUT2D eigenvalue weighted by atomic mass is 35.5. The zero-order chi connectivity index (χ0) is 20.2. The van der Waals surface area contributed by atoms with Crippen LogP contribution in [0.25, 0.3) is 11.2 Å². The van der Waals surface area contributed by atoms with Gasteiger partial charge >= 0.3 is 0 Å². The minimum absolute atomic E-state index is 0.0211. The van der Waals surface area contributed by atoms with E-state index >= 15 is 0 Å². The van der Waals surface area contributed by atoms with Gasteiger partial charge in [0.15, 0.2) is 17.0 Å². The first kappa shape index (κ1) is 16.5. The Bertz CT molecular complexity index is 1400. The number of aromatic nitrogens is 7. The molecule has 8 rings (SSSR count). The zero-order valence-corrected chi connectivity index (χ0v) is 16.6. The van der Waals surface area contributed by atoms with Crippen molar-refractivity contribution in [1.82, 2.24) is 34.2 Å². The summed E-state index contributed by atoms with van der Waals surface area (Å²) in [5.41, 5.74) is 1.75. The minimum Gasteiger partial charge on any atom is -0.367 e. The zero-order valence-electron chi connectivity index (χ0n) is 15.8. The van der Waals surface area contributed by atoms with Crippen molar-refractivity contribution in [2.45, 2.75) is 18.0 Å². The van der Waals surface area contributed by atoms with Crippen molar-refractivity contribution in [2.75, 3.05) is 11.4 Å². The van der Waals surface area contributed by atoms with Crippen LogP contribution in [0.4, 0.5) is 5.69 Å². The molecule has 11 heteroatoms. The number of halogens is 1. The molecule has 150 valence electrons. The van der Waals surface area contributed by atoms with Gasteiger partial charge in [0.1, 0.15) is 18.0 Å². The predicted octanol–water partition coefficient (Wildman–Crippen LogP) is 0.996. The number of imidazole rings is 1. The third kappa shape index (κ3) is 1.89. The molecule has 6 heterocycles. The SMILES string of the molecule is Cn1cnc2ncn(Cc3nc([C@@]45C6[C@H]4[C@H]5CN6c4ccnc(Cl)c4)no3)c(=O)c21. The van der Waals surface area contributed by atoms with Gasteiger partial charge in [-0.15, -0.1) is 0 Å². The molecule has 2 aliphatic heterocycles. The van der Waals surface area contributed by atoms with Gasteiger partial charge in [-0.3, -0.25) is 9.36 Å². The summed E-state index contributed by atoms with van der Waals surface area (Å²) >= 11 is 6.06. The minimum atomic E-state index is -0.186. The highest BCUT2D eigenvalue weighted by Gasteiger charge is 2.95. The fraction of sp³-hybridized carbons (Fsp3) is 0.368. The Labute approximate surface area is 174 Å². The lowest BCUT2D eigenvalue weighted by Crippen LogP contribution is -2.23. The number of fused-ring (bicyclic) bond motifs is 2. The van der Waals surface area contributed by atoms with Crippen molar-refractivity contribution in [1.29, 1.82) is 0 Å². The third-order valence-electron chi connectivity index (χ3n) is 6.84. The molecule has 0 spiro atoms. The van der Waals surface area contributed by atoms with Crippen molar-refractivity contribution < 1.29 is 4.52 Å². The Hall–Kier alpha value is -3.27. The average Bonchev–Trinajstić information content (AvgIpc) is 3.21. The Morgan fingerprint density at radius 2 is 2.17 bits per heavy atom. The number of hydrogen-bond donors (Lipinski definition) is 0. The van der Waals surface area contributed by atoms with Crippen LogP contribution < -0.4 is 10.5 Å². The van der Waals surface area contributed by atoms with Gasteiger partial charge in [-0.2, -0.15) is 4.98 Å². The van der Waals surface area contributed by atoms with Crippen molar-refractivity contribution in [3.63, 3.8) is 0 Å². The molecule has 4 fully saturated rings. The van der Waals surface area contributed by atoms with E-state index in [2.05, 4.69) is 30.0 Å². The summed E-state index contributed by atoms with van der Waals surface area (Å²) in [5.74, 6) is 2.24. The molecule has 0 radical (unpaired) electrons. The molecule has 0 aromatic carbocycles. The second-order valence-corrected chi connectivity index (χ2v) is 8.60. The quantitative estimate of drug-likeness (QED) is 0.448. The monoisotopic (exact) mass is 422 g/mol. The van der Waals surface area contributed by atoms with E-state index in [9.17, 15) is 4.79 Å². The fourth-order valence-corrected chi connectivity index (χ4v) is 5.57. The molecule has 4 aliphatic rings. The molecule has 2 saturated heterocycles. The summed E-state index contributed by atoms with van der Waals surface area (Å²) in [7, 11) is 1.77. The molecule has 4 aromatic heterocycles. The maximum Gasteiger partial charge on any atom is 0.280 e. The number of hydrogen-bond acceptors (Lipinski definition) is 8. The van der Waals surface area contributed by atoms with Crippen molar-refractivity contribution in [3.05, 3.63) is 58.2 Å². The van der Waals surface area contributed by atoms with E-state index in [1.165, 1.54) is 10.9 Å². The first-order valence-corrected chi connectivity index (χ1v) is 10.0. The van der Waals surface area contributed by atoms with Crippen LogP contribution in [0.2, 0.25) is 5.15 Å². The number of aryl methyl sites for hydroxylation is 1. The third-order valence-corrected chi connectivity index (χ3v) is 7.05. The molecule has 2 bridgehead atoms.